The van der Waals surface area contributed by atoms with Gasteiger partial charge >= 0.3 is 0 Å². The molecule has 1 unspecified atom stereocenters. The summed E-state index contributed by atoms with van der Waals surface area (Å²) in [5, 5.41) is 13.2. The van der Waals surface area contributed by atoms with E-state index in [-0.39, 0.29) is 5.60 Å². The quantitative estimate of drug-likeness (QED) is 0.918. The van der Waals surface area contributed by atoms with Gasteiger partial charge in [0.15, 0.2) is 0 Å². The zero-order valence-corrected chi connectivity index (χ0v) is 12.0. The highest BCUT2D eigenvalue weighted by Gasteiger charge is 2.40. The lowest BCUT2D eigenvalue weighted by atomic mass is 9.88. The molecule has 2 aromatic rings. The van der Waals surface area contributed by atoms with Crippen molar-refractivity contribution < 1.29 is 9.84 Å². The largest absolute Gasteiger partial charge is 0.390 e. The van der Waals surface area contributed by atoms with Gasteiger partial charge < -0.3 is 9.84 Å². The lowest BCUT2D eigenvalue weighted by molar-refractivity contribution is -0.0970. The van der Waals surface area contributed by atoms with E-state index in [4.69, 9.17) is 4.74 Å². The SMILES string of the molecule is COC1(C(O)Cc2cccc3ccccc23)CCCC1. The summed E-state index contributed by atoms with van der Waals surface area (Å²) in [6.07, 6.45) is 4.47. The first-order valence-electron chi connectivity index (χ1n) is 7.45. The first-order valence-corrected chi connectivity index (χ1v) is 7.45. The van der Waals surface area contributed by atoms with E-state index in [9.17, 15) is 5.11 Å². The number of rotatable bonds is 4. The number of ether oxygens (including phenoxy) is 1. The van der Waals surface area contributed by atoms with Crippen molar-refractivity contribution in [1.29, 1.82) is 0 Å². The molecule has 106 valence electrons. The molecule has 0 saturated heterocycles. The maximum Gasteiger partial charge on any atom is 0.0939 e. The highest BCUT2D eigenvalue weighted by Crippen LogP contribution is 2.37. The average molecular weight is 270 g/mol. The molecule has 3 rings (SSSR count). The fourth-order valence-corrected chi connectivity index (χ4v) is 3.51. The Labute approximate surface area is 120 Å². The second-order valence-electron chi connectivity index (χ2n) is 5.83. The van der Waals surface area contributed by atoms with E-state index >= 15 is 0 Å². The van der Waals surface area contributed by atoms with Crippen LogP contribution in [0.5, 0.6) is 0 Å². The third-order valence-corrected chi connectivity index (χ3v) is 4.76. The molecule has 2 heteroatoms. The molecule has 1 saturated carbocycles. The Morgan fingerprint density at radius 1 is 1.10 bits per heavy atom. The maximum atomic E-state index is 10.7. The smallest absolute Gasteiger partial charge is 0.0939 e. The summed E-state index contributed by atoms with van der Waals surface area (Å²) in [6.45, 7) is 0. The summed E-state index contributed by atoms with van der Waals surface area (Å²) >= 11 is 0. The molecular formula is C18H22O2. The van der Waals surface area contributed by atoms with Gasteiger partial charge in [-0.2, -0.15) is 0 Å². The second kappa shape index (κ2) is 5.55. The van der Waals surface area contributed by atoms with Crippen molar-refractivity contribution in [2.24, 2.45) is 0 Å². The van der Waals surface area contributed by atoms with Crippen molar-refractivity contribution >= 4 is 10.8 Å². The van der Waals surface area contributed by atoms with Gasteiger partial charge in [-0.3, -0.25) is 0 Å². The topological polar surface area (TPSA) is 29.5 Å². The molecule has 0 radical (unpaired) electrons. The van der Waals surface area contributed by atoms with Crippen LogP contribution in [0.3, 0.4) is 0 Å². The van der Waals surface area contributed by atoms with Gasteiger partial charge in [0.25, 0.3) is 0 Å². The molecule has 1 fully saturated rings. The standard InChI is InChI=1S/C18H22O2/c1-20-18(11-4-5-12-18)17(19)13-15-9-6-8-14-7-2-3-10-16(14)15/h2-3,6-10,17,19H,4-5,11-13H2,1H3. The molecule has 1 aliphatic carbocycles. The molecule has 0 amide bonds. The molecule has 0 aliphatic heterocycles. The lowest BCUT2D eigenvalue weighted by Gasteiger charge is -2.33. The average Bonchev–Trinajstić information content (AvgIpc) is 2.98. The lowest BCUT2D eigenvalue weighted by Crippen LogP contribution is -2.42. The second-order valence-corrected chi connectivity index (χ2v) is 5.83. The maximum absolute atomic E-state index is 10.7. The molecule has 20 heavy (non-hydrogen) atoms. The molecule has 0 bridgehead atoms. The molecule has 1 N–H and O–H groups in total. The molecule has 2 aromatic carbocycles. The minimum atomic E-state index is -0.430. The van der Waals surface area contributed by atoms with Gasteiger partial charge in [0.05, 0.1) is 11.7 Å². The van der Waals surface area contributed by atoms with Crippen molar-refractivity contribution in [3.05, 3.63) is 48.0 Å². The van der Waals surface area contributed by atoms with Crippen LogP contribution in [0.4, 0.5) is 0 Å². The van der Waals surface area contributed by atoms with Crippen LogP contribution in [0.25, 0.3) is 10.8 Å². The van der Waals surface area contributed by atoms with Gasteiger partial charge in [-0.1, -0.05) is 55.3 Å². The van der Waals surface area contributed by atoms with Gasteiger partial charge in [-0.15, -0.1) is 0 Å². The third-order valence-electron chi connectivity index (χ3n) is 4.76. The van der Waals surface area contributed by atoms with Crippen molar-refractivity contribution in [2.75, 3.05) is 7.11 Å². The Bertz CT molecular complexity index is 579. The van der Waals surface area contributed by atoms with Crippen LogP contribution in [0, 0.1) is 0 Å². The highest BCUT2D eigenvalue weighted by molar-refractivity contribution is 5.85. The number of hydrogen-bond acceptors (Lipinski definition) is 2. The Hall–Kier alpha value is -1.38. The molecule has 1 aliphatic rings. The third kappa shape index (κ3) is 2.34. The number of aliphatic hydroxyl groups is 1. The normalized spacial score (nSPS) is 19.3. The minimum Gasteiger partial charge on any atom is -0.390 e. The number of hydrogen-bond donors (Lipinski definition) is 1. The summed E-state index contributed by atoms with van der Waals surface area (Å²) < 4.78 is 5.69. The number of methoxy groups -OCH3 is 1. The van der Waals surface area contributed by atoms with Gasteiger partial charge in [0.2, 0.25) is 0 Å². The summed E-state index contributed by atoms with van der Waals surface area (Å²) in [5.41, 5.74) is 0.871. The van der Waals surface area contributed by atoms with Crippen molar-refractivity contribution in [2.45, 2.75) is 43.8 Å². The summed E-state index contributed by atoms with van der Waals surface area (Å²) in [7, 11) is 1.73. The zero-order valence-electron chi connectivity index (χ0n) is 12.0. The fourth-order valence-electron chi connectivity index (χ4n) is 3.51. The molecular weight excluding hydrogens is 248 g/mol. The first-order chi connectivity index (χ1) is 9.75. The molecule has 0 spiro atoms. The van der Waals surface area contributed by atoms with E-state index in [1.807, 2.05) is 0 Å². The van der Waals surface area contributed by atoms with Crippen LogP contribution in [-0.2, 0) is 11.2 Å². The summed E-state index contributed by atoms with van der Waals surface area (Å²) in [4.78, 5) is 0. The molecule has 0 aromatic heterocycles. The van der Waals surface area contributed by atoms with Crippen molar-refractivity contribution in [3.8, 4) is 0 Å². The molecule has 2 nitrogen and oxygen atoms in total. The van der Waals surface area contributed by atoms with E-state index in [2.05, 4.69) is 42.5 Å². The van der Waals surface area contributed by atoms with Crippen LogP contribution < -0.4 is 0 Å². The predicted molar refractivity (Wildman–Crippen MR) is 81.9 cm³/mol. The van der Waals surface area contributed by atoms with Crippen LogP contribution in [0.1, 0.15) is 31.2 Å². The Kier molecular flexibility index (Phi) is 3.77. The van der Waals surface area contributed by atoms with Crippen LogP contribution in [0.15, 0.2) is 42.5 Å². The highest BCUT2D eigenvalue weighted by atomic mass is 16.5. The van der Waals surface area contributed by atoms with Gasteiger partial charge in [0.1, 0.15) is 0 Å². The summed E-state index contributed by atoms with van der Waals surface area (Å²) in [5.74, 6) is 0. The van der Waals surface area contributed by atoms with E-state index in [1.165, 1.54) is 16.3 Å². The van der Waals surface area contributed by atoms with Crippen LogP contribution in [0.2, 0.25) is 0 Å². The van der Waals surface area contributed by atoms with Crippen molar-refractivity contribution in [1.82, 2.24) is 0 Å². The van der Waals surface area contributed by atoms with E-state index in [0.29, 0.717) is 6.42 Å². The molecule has 0 heterocycles. The number of aliphatic hydroxyl groups excluding tert-OH is 1. The Balaban J connectivity index is 1.89. The van der Waals surface area contributed by atoms with E-state index in [0.717, 1.165) is 25.7 Å². The Morgan fingerprint density at radius 2 is 1.80 bits per heavy atom. The van der Waals surface area contributed by atoms with Crippen LogP contribution in [-0.4, -0.2) is 23.9 Å². The monoisotopic (exact) mass is 270 g/mol. The fraction of sp³-hybridized carbons (Fsp3) is 0.444. The predicted octanol–water partition coefficient (Wildman–Crippen LogP) is 3.70. The Morgan fingerprint density at radius 3 is 2.55 bits per heavy atom. The van der Waals surface area contributed by atoms with Gasteiger partial charge in [-0.25, -0.2) is 0 Å². The van der Waals surface area contributed by atoms with E-state index < -0.39 is 6.10 Å². The number of benzene rings is 2. The summed E-state index contributed by atoms with van der Waals surface area (Å²) in [6, 6.07) is 14.7. The van der Waals surface area contributed by atoms with Gasteiger partial charge in [0, 0.05) is 13.5 Å². The van der Waals surface area contributed by atoms with Crippen LogP contribution >= 0.6 is 0 Å². The zero-order chi connectivity index (χ0) is 14.0. The van der Waals surface area contributed by atoms with E-state index in [1.54, 1.807) is 7.11 Å². The molecule has 1 atom stereocenters. The minimum absolute atomic E-state index is 0.336. The first kappa shape index (κ1) is 13.6. The van der Waals surface area contributed by atoms with Gasteiger partial charge in [-0.05, 0) is 29.2 Å². The number of fused-ring (bicyclic) bond motifs is 1. The van der Waals surface area contributed by atoms with Crippen molar-refractivity contribution in [3.63, 3.8) is 0 Å².